The van der Waals surface area contributed by atoms with E-state index in [1.54, 1.807) is 6.92 Å². The van der Waals surface area contributed by atoms with Crippen molar-refractivity contribution >= 4 is 13.3 Å². The standard InChI is InChI=1S/C7H7BF2N2/c1-4-5(8)3-11-6(12-4)7(2,9)10/h3H,1-2H3. The third kappa shape index (κ3) is 1.78. The Morgan fingerprint density at radius 2 is 2.08 bits per heavy atom. The van der Waals surface area contributed by atoms with Gasteiger partial charge >= 0.3 is 5.92 Å². The molecule has 1 heterocycles. The Balaban J connectivity index is 3.14. The number of aromatic nitrogens is 2. The van der Waals surface area contributed by atoms with Gasteiger partial charge in [-0.3, -0.25) is 0 Å². The number of aryl methyl sites for hydroxylation is 1. The predicted molar refractivity (Wildman–Crippen MR) is 41.7 cm³/mol. The van der Waals surface area contributed by atoms with Crippen molar-refractivity contribution < 1.29 is 8.78 Å². The van der Waals surface area contributed by atoms with E-state index in [1.807, 2.05) is 0 Å². The van der Waals surface area contributed by atoms with Crippen LogP contribution in [0.15, 0.2) is 6.20 Å². The first-order valence-electron chi connectivity index (χ1n) is 3.38. The van der Waals surface area contributed by atoms with Crippen LogP contribution in [-0.4, -0.2) is 17.8 Å². The van der Waals surface area contributed by atoms with Gasteiger partial charge in [-0.15, -0.1) is 0 Å². The Bertz CT molecular complexity index is 296. The molecule has 0 aliphatic carbocycles. The zero-order chi connectivity index (χ0) is 9.35. The summed E-state index contributed by atoms with van der Waals surface area (Å²) in [6.45, 7) is 2.31. The van der Waals surface area contributed by atoms with E-state index in [-0.39, 0.29) is 0 Å². The molecule has 0 amide bonds. The van der Waals surface area contributed by atoms with Crippen LogP contribution in [0.2, 0.25) is 0 Å². The van der Waals surface area contributed by atoms with Crippen LogP contribution in [0.4, 0.5) is 8.78 Å². The van der Waals surface area contributed by atoms with Crippen molar-refractivity contribution in [3.05, 3.63) is 17.7 Å². The molecule has 0 unspecified atom stereocenters. The molecule has 0 fully saturated rings. The zero-order valence-corrected chi connectivity index (χ0v) is 6.81. The summed E-state index contributed by atoms with van der Waals surface area (Å²) in [5.74, 6) is -3.49. The van der Waals surface area contributed by atoms with Crippen LogP contribution in [-0.2, 0) is 5.92 Å². The monoisotopic (exact) mass is 168 g/mol. The number of hydrogen-bond acceptors (Lipinski definition) is 2. The summed E-state index contributed by atoms with van der Waals surface area (Å²) in [5, 5.41) is 0. The second kappa shape index (κ2) is 2.81. The quantitative estimate of drug-likeness (QED) is 0.576. The molecule has 0 bridgehead atoms. The van der Waals surface area contributed by atoms with E-state index in [9.17, 15) is 8.78 Å². The van der Waals surface area contributed by atoms with Gasteiger partial charge in [-0.1, -0.05) is 5.46 Å². The van der Waals surface area contributed by atoms with Gasteiger partial charge in [-0.25, -0.2) is 9.97 Å². The van der Waals surface area contributed by atoms with Gasteiger partial charge in [0.05, 0.1) is 0 Å². The largest absolute Gasteiger partial charge is 0.303 e. The molecule has 0 aromatic carbocycles. The molecule has 0 saturated carbocycles. The minimum absolute atomic E-state index is 0.322. The maximum absolute atomic E-state index is 12.6. The van der Waals surface area contributed by atoms with Gasteiger partial charge < -0.3 is 0 Å². The molecule has 12 heavy (non-hydrogen) atoms. The molecule has 0 aliphatic rings. The van der Waals surface area contributed by atoms with Gasteiger partial charge in [0, 0.05) is 18.8 Å². The van der Waals surface area contributed by atoms with E-state index in [0.29, 0.717) is 11.2 Å². The van der Waals surface area contributed by atoms with Crippen molar-refractivity contribution in [1.82, 2.24) is 9.97 Å². The number of alkyl halides is 2. The lowest BCUT2D eigenvalue weighted by Gasteiger charge is -2.09. The van der Waals surface area contributed by atoms with Gasteiger partial charge in [0.1, 0.15) is 7.85 Å². The lowest BCUT2D eigenvalue weighted by Crippen LogP contribution is -2.19. The molecule has 62 valence electrons. The average Bonchev–Trinajstić information content (AvgIpc) is 1.92. The zero-order valence-electron chi connectivity index (χ0n) is 6.81. The Hall–Kier alpha value is -0.995. The van der Waals surface area contributed by atoms with Crippen molar-refractivity contribution in [3.63, 3.8) is 0 Å². The second-order valence-electron chi connectivity index (χ2n) is 2.62. The third-order valence-electron chi connectivity index (χ3n) is 1.41. The highest BCUT2D eigenvalue weighted by Crippen LogP contribution is 2.22. The van der Waals surface area contributed by atoms with Crippen molar-refractivity contribution in [2.75, 3.05) is 0 Å². The molecule has 1 aromatic heterocycles. The summed E-state index contributed by atoms with van der Waals surface area (Å²) in [7, 11) is 5.36. The van der Waals surface area contributed by atoms with Gasteiger partial charge in [0.25, 0.3) is 0 Å². The highest BCUT2D eigenvalue weighted by molar-refractivity contribution is 6.32. The highest BCUT2D eigenvalue weighted by atomic mass is 19.3. The lowest BCUT2D eigenvalue weighted by molar-refractivity contribution is 0.00757. The van der Waals surface area contributed by atoms with Gasteiger partial charge in [-0.2, -0.15) is 8.78 Å². The number of hydrogen-bond donors (Lipinski definition) is 0. The first-order valence-corrected chi connectivity index (χ1v) is 3.38. The smallest absolute Gasteiger partial charge is 0.236 e. The first kappa shape index (κ1) is 9.10. The summed E-state index contributed by atoms with van der Waals surface area (Å²) in [6, 6.07) is 0. The molecular formula is C7H7BF2N2. The van der Waals surface area contributed by atoms with Crippen LogP contribution in [0.1, 0.15) is 18.4 Å². The van der Waals surface area contributed by atoms with Crippen molar-refractivity contribution in [1.29, 1.82) is 0 Å². The molecule has 2 radical (unpaired) electrons. The fourth-order valence-corrected chi connectivity index (χ4v) is 0.688. The van der Waals surface area contributed by atoms with Crippen molar-refractivity contribution in [2.45, 2.75) is 19.8 Å². The van der Waals surface area contributed by atoms with E-state index in [4.69, 9.17) is 7.85 Å². The van der Waals surface area contributed by atoms with E-state index < -0.39 is 11.7 Å². The fourth-order valence-electron chi connectivity index (χ4n) is 0.688. The van der Waals surface area contributed by atoms with E-state index in [2.05, 4.69) is 9.97 Å². The van der Waals surface area contributed by atoms with Crippen LogP contribution in [0, 0.1) is 6.92 Å². The molecule has 0 saturated heterocycles. The fraction of sp³-hybridized carbons (Fsp3) is 0.429. The van der Waals surface area contributed by atoms with Crippen LogP contribution in [0.25, 0.3) is 0 Å². The Morgan fingerprint density at radius 3 is 2.50 bits per heavy atom. The summed E-state index contributed by atoms with van der Waals surface area (Å²) in [5.41, 5.74) is 0.699. The van der Waals surface area contributed by atoms with E-state index >= 15 is 0 Å². The topological polar surface area (TPSA) is 25.8 Å². The number of rotatable bonds is 1. The first-order chi connectivity index (χ1) is 5.41. The predicted octanol–water partition coefficient (Wildman–Crippen LogP) is 0.691. The van der Waals surface area contributed by atoms with Gasteiger partial charge in [-0.05, 0) is 6.92 Å². The van der Waals surface area contributed by atoms with Crippen molar-refractivity contribution in [2.24, 2.45) is 0 Å². The second-order valence-corrected chi connectivity index (χ2v) is 2.62. The molecule has 0 spiro atoms. The molecule has 0 aliphatic heterocycles. The molecule has 1 rings (SSSR count). The SMILES string of the molecule is [B]c1cnc(C(C)(F)F)nc1C. The third-order valence-corrected chi connectivity index (χ3v) is 1.41. The summed E-state index contributed by atoms with van der Waals surface area (Å²) >= 11 is 0. The average molecular weight is 168 g/mol. The van der Waals surface area contributed by atoms with Crippen LogP contribution in [0.5, 0.6) is 0 Å². The van der Waals surface area contributed by atoms with Crippen LogP contribution in [0.3, 0.4) is 0 Å². The molecule has 2 nitrogen and oxygen atoms in total. The summed E-state index contributed by atoms with van der Waals surface area (Å²) < 4.78 is 25.2. The summed E-state index contributed by atoms with van der Waals surface area (Å²) in [6.07, 6.45) is 1.19. The summed E-state index contributed by atoms with van der Waals surface area (Å²) in [4.78, 5) is 6.98. The minimum Gasteiger partial charge on any atom is -0.236 e. The highest BCUT2D eigenvalue weighted by Gasteiger charge is 2.27. The normalized spacial score (nSPS) is 11.7. The number of halogens is 2. The Kier molecular flexibility index (Phi) is 2.13. The van der Waals surface area contributed by atoms with Crippen molar-refractivity contribution in [3.8, 4) is 0 Å². The molecule has 1 aromatic rings. The molecular weight excluding hydrogens is 161 g/mol. The Morgan fingerprint density at radius 1 is 1.50 bits per heavy atom. The molecule has 5 heteroatoms. The number of nitrogens with zero attached hydrogens (tertiary/aromatic N) is 2. The maximum atomic E-state index is 12.6. The minimum atomic E-state index is -3.00. The van der Waals surface area contributed by atoms with E-state index in [1.165, 1.54) is 6.20 Å². The maximum Gasteiger partial charge on any atom is 0.303 e. The lowest BCUT2D eigenvalue weighted by atomic mass is 9.97. The molecule has 0 atom stereocenters. The van der Waals surface area contributed by atoms with Gasteiger partial charge in [0.15, 0.2) is 5.82 Å². The Labute approximate surface area is 70.4 Å². The molecule has 0 N–H and O–H groups in total. The van der Waals surface area contributed by atoms with Crippen LogP contribution >= 0.6 is 0 Å². The van der Waals surface area contributed by atoms with Crippen LogP contribution < -0.4 is 5.46 Å². The van der Waals surface area contributed by atoms with E-state index in [0.717, 1.165) is 6.92 Å². The van der Waals surface area contributed by atoms with Gasteiger partial charge in [0.2, 0.25) is 0 Å².